The first-order valence-electron chi connectivity index (χ1n) is 8.86. The number of amides is 1. The minimum atomic E-state index is 0. The van der Waals surface area contributed by atoms with Gasteiger partial charge in [-0.15, -0.1) is 12.4 Å². The average molecular weight is 410 g/mol. The number of likely N-dealkylation sites (N-methyl/N-ethyl adjacent to an activating group) is 1. The molecular formula is C19H25Cl2N5O. The SMILES string of the molecule is CN(C(=O)CNc1nccnc1Cl)C1CCN(Cc2ccccc2)CC1.Cl. The number of hydrogen-bond donors (Lipinski definition) is 1. The van der Waals surface area contributed by atoms with Gasteiger partial charge < -0.3 is 10.2 Å². The van der Waals surface area contributed by atoms with E-state index in [-0.39, 0.29) is 36.1 Å². The second-order valence-electron chi connectivity index (χ2n) is 6.55. The summed E-state index contributed by atoms with van der Waals surface area (Å²) in [6.45, 7) is 3.14. The molecule has 0 saturated carbocycles. The van der Waals surface area contributed by atoms with E-state index in [1.54, 1.807) is 6.20 Å². The first-order valence-corrected chi connectivity index (χ1v) is 9.23. The van der Waals surface area contributed by atoms with Gasteiger partial charge in [0, 0.05) is 45.1 Å². The van der Waals surface area contributed by atoms with Crippen molar-refractivity contribution in [3.8, 4) is 0 Å². The Balaban J connectivity index is 0.00000261. The Morgan fingerprint density at radius 2 is 1.89 bits per heavy atom. The Labute approximate surface area is 171 Å². The molecule has 0 bridgehead atoms. The number of carbonyl (C=O) groups is 1. The summed E-state index contributed by atoms with van der Waals surface area (Å²) in [5.74, 6) is 0.474. The van der Waals surface area contributed by atoms with Crippen LogP contribution in [-0.2, 0) is 11.3 Å². The maximum Gasteiger partial charge on any atom is 0.241 e. The van der Waals surface area contributed by atoms with Crippen LogP contribution in [0.4, 0.5) is 5.82 Å². The quantitative estimate of drug-likeness (QED) is 0.793. The second kappa shape index (κ2) is 10.4. The zero-order chi connectivity index (χ0) is 18.4. The minimum absolute atomic E-state index is 0. The molecule has 0 radical (unpaired) electrons. The summed E-state index contributed by atoms with van der Waals surface area (Å²) in [5, 5.41) is 3.24. The molecule has 2 heterocycles. The van der Waals surface area contributed by atoms with Crippen molar-refractivity contribution in [3.63, 3.8) is 0 Å². The first-order chi connectivity index (χ1) is 12.6. The van der Waals surface area contributed by atoms with Gasteiger partial charge in [-0.3, -0.25) is 9.69 Å². The Hall–Kier alpha value is -1.89. The minimum Gasteiger partial charge on any atom is -0.358 e. The second-order valence-corrected chi connectivity index (χ2v) is 6.90. The lowest BCUT2D eigenvalue weighted by Crippen LogP contribution is -2.46. The number of piperidine rings is 1. The van der Waals surface area contributed by atoms with E-state index in [1.165, 1.54) is 11.8 Å². The lowest BCUT2D eigenvalue weighted by atomic mass is 10.0. The summed E-state index contributed by atoms with van der Waals surface area (Å²) in [4.78, 5) is 24.8. The molecule has 1 saturated heterocycles. The van der Waals surface area contributed by atoms with Crippen LogP contribution in [0, 0.1) is 0 Å². The molecular weight excluding hydrogens is 385 g/mol. The van der Waals surface area contributed by atoms with Crippen LogP contribution in [0.25, 0.3) is 0 Å². The molecule has 1 amide bonds. The van der Waals surface area contributed by atoms with Crippen LogP contribution in [0.15, 0.2) is 42.7 Å². The number of aromatic nitrogens is 2. The van der Waals surface area contributed by atoms with Crippen LogP contribution >= 0.6 is 24.0 Å². The number of hydrogen-bond acceptors (Lipinski definition) is 5. The van der Waals surface area contributed by atoms with Crippen molar-refractivity contribution < 1.29 is 4.79 Å². The number of anilines is 1. The summed E-state index contributed by atoms with van der Waals surface area (Å²) in [6.07, 6.45) is 5.04. The Morgan fingerprint density at radius 3 is 2.56 bits per heavy atom. The van der Waals surface area contributed by atoms with Gasteiger partial charge in [0.05, 0.1) is 6.54 Å². The third kappa shape index (κ3) is 6.06. The fraction of sp³-hybridized carbons (Fsp3) is 0.421. The van der Waals surface area contributed by atoms with E-state index in [0.29, 0.717) is 5.82 Å². The summed E-state index contributed by atoms with van der Waals surface area (Å²) in [7, 11) is 1.87. The molecule has 8 heteroatoms. The van der Waals surface area contributed by atoms with Gasteiger partial charge in [-0.05, 0) is 18.4 Å². The largest absolute Gasteiger partial charge is 0.358 e. The highest BCUT2D eigenvalue weighted by molar-refractivity contribution is 6.31. The number of nitrogens with one attached hydrogen (secondary N) is 1. The molecule has 1 aromatic carbocycles. The molecule has 1 aliphatic rings. The Kier molecular flexibility index (Phi) is 8.28. The van der Waals surface area contributed by atoms with Crippen molar-refractivity contribution in [1.29, 1.82) is 0 Å². The molecule has 27 heavy (non-hydrogen) atoms. The van der Waals surface area contributed by atoms with Gasteiger partial charge in [0.2, 0.25) is 5.91 Å². The molecule has 1 aliphatic heterocycles. The van der Waals surface area contributed by atoms with Crippen molar-refractivity contribution in [2.24, 2.45) is 0 Å². The Morgan fingerprint density at radius 1 is 1.22 bits per heavy atom. The van der Waals surface area contributed by atoms with Crippen LogP contribution in [-0.4, -0.2) is 58.4 Å². The number of rotatable bonds is 6. The normalized spacial score (nSPS) is 15.0. The summed E-state index contributed by atoms with van der Waals surface area (Å²) >= 11 is 5.95. The van der Waals surface area contributed by atoms with Crippen molar-refractivity contribution in [2.75, 3.05) is 32.0 Å². The van der Waals surface area contributed by atoms with E-state index in [2.05, 4.69) is 44.5 Å². The number of nitrogens with zero attached hydrogens (tertiary/aromatic N) is 4. The number of benzene rings is 1. The molecule has 6 nitrogen and oxygen atoms in total. The Bertz CT molecular complexity index is 723. The van der Waals surface area contributed by atoms with Gasteiger partial charge >= 0.3 is 0 Å². The standard InChI is InChI=1S/C19H24ClN5O.ClH/c1-24(17(26)13-23-19-18(20)21-9-10-22-19)16-7-11-25(12-8-16)14-15-5-3-2-4-6-15;/h2-6,9-10,16H,7-8,11-14H2,1H3,(H,22,23);1H. The van der Waals surface area contributed by atoms with Crippen molar-refractivity contribution in [3.05, 3.63) is 53.4 Å². The van der Waals surface area contributed by atoms with E-state index >= 15 is 0 Å². The third-order valence-corrected chi connectivity index (χ3v) is 5.08. The molecule has 3 rings (SSSR count). The van der Waals surface area contributed by atoms with Gasteiger partial charge in [-0.1, -0.05) is 41.9 Å². The van der Waals surface area contributed by atoms with Crippen LogP contribution in [0.3, 0.4) is 0 Å². The zero-order valence-corrected chi connectivity index (χ0v) is 16.9. The fourth-order valence-corrected chi connectivity index (χ4v) is 3.41. The number of carbonyl (C=O) groups excluding carboxylic acids is 1. The van der Waals surface area contributed by atoms with Crippen LogP contribution in [0.5, 0.6) is 0 Å². The van der Waals surface area contributed by atoms with Crippen LogP contribution in [0.2, 0.25) is 5.15 Å². The number of halogens is 2. The zero-order valence-electron chi connectivity index (χ0n) is 15.3. The predicted octanol–water partition coefficient (Wildman–Crippen LogP) is 3.09. The van der Waals surface area contributed by atoms with Gasteiger partial charge in [0.1, 0.15) is 0 Å². The maximum atomic E-state index is 12.5. The summed E-state index contributed by atoms with van der Waals surface area (Å²) < 4.78 is 0. The molecule has 1 aromatic heterocycles. The maximum absolute atomic E-state index is 12.5. The van der Waals surface area contributed by atoms with Crippen molar-refractivity contribution in [1.82, 2.24) is 19.8 Å². The van der Waals surface area contributed by atoms with Crippen molar-refractivity contribution >= 4 is 35.7 Å². The lowest BCUT2D eigenvalue weighted by Gasteiger charge is -2.36. The molecule has 0 spiro atoms. The van der Waals surface area contributed by atoms with Crippen molar-refractivity contribution in [2.45, 2.75) is 25.4 Å². The van der Waals surface area contributed by atoms with E-state index < -0.39 is 0 Å². The highest BCUT2D eigenvalue weighted by Crippen LogP contribution is 2.18. The van der Waals surface area contributed by atoms with E-state index in [4.69, 9.17) is 11.6 Å². The average Bonchev–Trinajstić information content (AvgIpc) is 2.68. The van der Waals surface area contributed by atoms with E-state index in [1.807, 2.05) is 18.0 Å². The van der Waals surface area contributed by atoms with Crippen LogP contribution < -0.4 is 5.32 Å². The molecule has 0 atom stereocenters. The summed E-state index contributed by atoms with van der Waals surface area (Å²) in [5.41, 5.74) is 1.33. The molecule has 0 aliphatic carbocycles. The van der Waals surface area contributed by atoms with Crippen LogP contribution in [0.1, 0.15) is 18.4 Å². The van der Waals surface area contributed by atoms with Gasteiger partial charge in [-0.2, -0.15) is 0 Å². The third-order valence-electron chi connectivity index (χ3n) is 4.81. The highest BCUT2D eigenvalue weighted by Gasteiger charge is 2.25. The van der Waals surface area contributed by atoms with E-state index in [0.717, 1.165) is 32.5 Å². The molecule has 0 unspecified atom stereocenters. The fourth-order valence-electron chi connectivity index (χ4n) is 3.23. The first kappa shape index (κ1) is 21.4. The molecule has 1 fully saturated rings. The lowest BCUT2D eigenvalue weighted by molar-refractivity contribution is -0.130. The molecule has 146 valence electrons. The predicted molar refractivity (Wildman–Crippen MR) is 110 cm³/mol. The number of likely N-dealkylation sites (tertiary alicyclic amines) is 1. The monoisotopic (exact) mass is 409 g/mol. The van der Waals surface area contributed by atoms with Gasteiger partial charge in [0.25, 0.3) is 0 Å². The van der Waals surface area contributed by atoms with E-state index in [9.17, 15) is 4.79 Å². The summed E-state index contributed by atoms with van der Waals surface area (Å²) in [6, 6.07) is 10.8. The van der Waals surface area contributed by atoms with Gasteiger partial charge in [-0.25, -0.2) is 9.97 Å². The molecule has 1 N–H and O–H groups in total. The smallest absolute Gasteiger partial charge is 0.241 e. The molecule has 2 aromatic rings. The van der Waals surface area contributed by atoms with Gasteiger partial charge in [0.15, 0.2) is 11.0 Å². The highest BCUT2D eigenvalue weighted by atomic mass is 35.5. The topological polar surface area (TPSA) is 61.4 Å².